The van der Waals surface area contributed by atoms with E-state index in [-0.39, 0.29) is 36.4 Å². The van der Waals surface area contributed by atoms with E-state index in [0.29, 0.717) is 10.4 Å². The van der Waals surface area contributed by atoms with E-state index in [0.717, 1.165) is 5.56 Å². The highest BCUT2D eigenvalue weighted by Crippen LogP contribution is 2.14. The number of anilines is 1. The van der Waals surface area contributed by atoms with Gasteiger partial charge in [0, 0.05) is 12.2 Å². The molecule has 28 heavy (non-hydrogen) atoms. The predicted octanol–water partition coefficient (Wildman–Crippen LogP) is 2.93. The first kappa shape index (κ1) is 19.4. The van der Waals surface area contributed by atoms with Crippen molar-refractivity contribution in [2.24, 2.45) is 0 Å². The zero-order chi connectivity index (χ0) is 19.9. The van der Waals surface area contributed by atoms with Crippen molar-refractivity contribution in [3.05, 3.63) is 76.5 Å². The molecular formula is C19H16BrN3O5. The van der Waals surface area contributed by atoms with Gasteiger partial charge in [-0.25, -0.2) is 0 Å². The van der Waals surface area contributed by atoms with Gasteiger partial charge in [-0.05, 0) is 57.9 Å². The molecule has 2 heterocycles. The van der Waals surface area contributed by atoms with Crippen molar-refractivity contribution in [3.8, 4) is 0 Å². The summed E-state index contributed by atoms with van der Waals surface area (Å²) in [4.78, 5) is 35.6. The van der Waals surface area contributed by atoms with Crippen LogP contribution in [0.3, 0.4) is 0 Å². The van der Waals surface area contributed by atoms with Gasteiger partial charge in [-0.1, -0.05) is 12.1 Å². The quantitative estimate of drug-likeness (QED) is 0.517. The number of halogens is 1. The Balaban J connectivity index is 1.42. The molecule has 0 fully saturated rings. The summed E-state index contributed by atoms with van der Waals surface area (Å²) < 4.78 is 10.6. The molecule has 0 aliphatic rings. The summed E-state index contributed by atoms with van der Waals surface area (Å²) >= 11 is 3.11. The normalized spacial score (nSPS) is 10.3. The van der Waals surface area contributed by atoms with Gasteiger partial charge < -0.3 is 24.8 Å². The largest absolute Gasteiger partial charge is 0.459 e. The fourth-order valence-corrected chi connectivity index (χ4v) is 2.56. The number of hydrogen-bond donors (Lipinski definition) is 3. The molecule has 2 aromatic heterocycles. The van der Waals surface area contributed by atoms with E-state index in [1.165, 1.54) is 12.3 Å². The van der Waals surface area contributed by atoms with Gasteiger partial charge in [0.05, 0.1) is 12.8 Å². The van der Waals surface area contributed by atoms with Gasteiger partial charge in [0.25, 0.3) is 11.8 Å². The van der Waals surface area contributed by atoms with E-state index >= 15 is 0 Å². The molecule has 3 aromatic rings. The molecule has 0 radical (unpaired) electrons. The Morgan fingerprint density at radius 2 is 1.68 bits per heavy atom. The Bertz CT molecular complexity index is 964. The van der Waals surface area contributed by atoms with Crippen molar-refractivity contribution in [3.63, 3.8) is 0 Å². The van der Waals surface area contributed by atoms with E-state index in [2.05, 4.69) is 31.9 Å². The fourth-order valence-electron chi connectivity index (χ4n) is 2.25. The van der Waals surface area contributed by atoms with Gasteiger partial charge in [0.2, 0.25) is 5.91 Å². The first-order chi connectivity index (χ1) is 13.5. The summed E-state index contributed by atoms with van der Waals surface area (Å²) in [6.07, 6.45) is 1.43. The van der Waals surface area contributed by atoms with Crippen molar-refractivity contribution in [1.82, 2.24) is 10.6 Å². The number of carbonyl (C=O) groups excluding carboxylic acids is 3. The summed E-state index contributed by atoms with van der Waals surface area (Å²) in [5.41, 5.74) is 1.44. The van der Waals surface area contributed by atoms with Crippen molar-refractivity contribution in [1.29, 1.82) is 0 Å². The highest BCUT2D eigenvalue weighted by atomic mass is 79.9. The lowest BCUT2D eigenvalue weighted by Gasteiger charge is -2.08. The Kier molecular flexibility index (Phi) is 6.28. The van der Waals surface area contributed by atoms with Crippen LogP contribution < -0.4 is 16.0 Å². The minimum absolute atomic E-state index is 0.117. The van der Waals surface area contributed by atoms with Gasteiger partial charge in [0.15, 0.2) is 16.2 Å². The maximum atomic E-state index is 11.9. The van der Waals surface area contributed by atoms with Gasteiger partial charge in [-0.3, -0.25) is 14.4 Å². The van der Waals surface area contributed by atoms with Crippen LogP contribution in [0.5, 0.6) is 0 Å². The number of amides is 3. The summed E-state index contributed by atoms with van der Waals surface area (Å²) in [6, 6.07) is 13.3. The van der Waals surface area contributed by atoms with Gasteiger partial charge in [0.1, 0.15) is 0 Å². The lowest BCUT2D eigenvalue weighted by atomic mass is 10.2. The fraction of sp³-hybridized carbons (Fsp3) is 0.105. The zero-order valence-corrected chi connectivity index (χ0v) is 16.1. The van der Waals surface area contributed by atoms with Gasteiger partial charge in [-0.2, -0.15) is 0 Å². The van der Waals surface area contributed by atoms with Crippen LogP contribution in [0.4, 0.5) is 5.69 Å². The molecule has 8 nitrogen and oxygen atoms in total. The van der Waals surface area contributed by atoms with E-state index in [1.807, 2.05) is 0 Å². The zero-order valence-electron chi connectivity index (χ0n) is 14.5. The van der Waals surface area contributed by atoms with Crippen LogP contribution in [0.2, 0.25) is 0 Å². The van der Waals surface area contributed by atoms with Crippen molar-refractivity contribution in [2.75, 3.05) is 11.9 Å². The minimum Gasteiger partial charge on any atom is -0.459 e. The average molecular weight is 446 g/mol. The molecule has 0 saturated heterocycles. The van der Waals surface area contributed by atoms with Crippen LogP contribution in [-0.4, -0.2) is 24.3 Å². The Morgan fingerprint density at radius 1 is 0.893 bits per heavy atom. The first-order valence-corrected chi connectivity index (χ1v) is 9.04. The molecule has 0 aliphatic heterocycles. The predicted molar refractivity (Wildman–Crippen MR) is 104 cm³/mol. The molecule has 1 aromatic carbocycles. The van der Waals surface area contributed by atoms with Crippen LogP contribution in [0.15, 0.2) is 68.3 Å². The Hall–Kier alpha value is -3.33. The SMILES string of the molecule is O=C(CNC(=O)c1ccc(Br)o1)NCc1ccc(NC(=O)c2ccco2)cc1. The van der Waals surface area contributed by atoms with E-state index in [9.17, 15) is 14.4 Å². The van der Waals surface area contributed by atoms with Crippen LogP contribution in [0.1, 0.15) is 26.7 Å². The molecular weight excluding hydrogens is 430 g/mol. The highest BCUT2D eigenvalue weighted by molar-refractivity contribution is 9.10. The number of hydrogen-bond acceptors (Lipinski definition) is 5. The summed E-state index contributed by atoms with van der Waals surface area (Å²) in [7, 11) is 0. The molecule has 3 N–H and O–H groups in total. The standard InChI is InChI=1S/C19H16BrN3O5/c20-16-8-7-15(28-16)18(25)22-11-17(24)21-10-12-3-5-13(6-4-12)23-19(26)14-2-1-9-27-14/h1-9H,10-11H2,(H,21,24)(H,22,25)(H,23,26). The Labute approximate surface area is 168 Å². The molecule has 0 atom stereocenters. The number of furan rings is 2. The van der Waals surface area contributed by atoms with E-state index < -0.39 is 5.91 Å². The van der Waals surface area contributed by atoms with E-state index in [1.54, 1.807) is 42.5 Å². The molecule has 144 valence electrons. The molecule has 0 unspecified atom stereocenters. The van der Waals surface area contributed by atoms with Crippen molar-refractivity contribution < 1.29 is 23.2 Å². The first-order valence-electron chi connectivity index (χ1n) is 8.25. The molecule has 0 bridgehead atoms. The number of carbonyl (C=O) groups is 3. The maximum absolute atomic E-state index is 11.9. The second-order valence-corrected chi connectivity index (χ2v) is 6.47. The lowest BCUT2D eigenvalue weighted by molar-refractivity contribution is -0.120. The summed E-state index contributed by atoms with van der Waals surface area (Å²) in [5, 5.41) is 7.87. The summed E-state index contributed by atoms with van der Waals surface area (Å²) in [5.74, 6) is -0.816. The molecule has 0 aliphatic carbocycles. The maximum Gasteiger partial charge on any atom is 0.291 e. The lowest BCUT2D eigenvalue weighted by Crippen LogP contribution is -2.36. The van der Waals surface area contributed by atoms with Gasteiger partial charge >= 0.3 is 0 Å². The van der Waals surface area contributed by atoms with Crippen LogP contribution in [0, 0.1) is 0 Å². The second kappa shape index (κ2) is 9.05. The summed E-state index contributed by atoms with van der Waals surface area (Å²) in [6.45, 7) is 0.113. The van der Waals surface area contributed by atoms with Crippen LogP contribution in [-0.2, 0) is 11.3 Å². The molecule has 0 saturated carbocycles. The second-order valence-electron chi connectivity index (χ2n) is 5.69. The third kappa shape index (κ3) is 5.34. The van der Waals surface area contributed by atoms with Crippen LogP contribution >= 0.6 is 15.9 Å². The monoisotopic (exact) mass is 445 g/mol. The molecule has 9 heteroatoms. The molecule has 3 amide bonds. The highest BCUT2D eigenvalue weighted by Gasteiger charge is 2.12. The third-order valence-corrected chi connectivity index (χ3v) is 4.08. The number of rotatable bonds is 7. The smallest absolute Gasteiger partial charge is 0.291 e. The van der Waals surface area contributed by atoms with E-state index in [4.69, 9.17) is 8.83 Å². The van der Waals surface area contributed by atoms with Crippen molar-refractivity contribution in [2.45, 2.75) is 6.54 Å². The average Bonchev–Trinajstić information content (AvgIpc) is 3.37. The molecule has 0 spiro atoms. The minimum atomic E-state index is -0.475. The Morgan fingerprint density at radius 3 is 2.32 bits per heavy atom. The van der Waals surface area contributed by atoms with Gasteiger partial charge in [-0.15, -0.1) is 0 Å². The van der Waals surface area contributed by atoms with Crippen molar-refractivity contribution >= 4 is 39.3 Å². The topological polar surface area (TPSA) is 114 Å². The van der Waals surface area contributed by atoms with Crippen LogP contribution in [0.25, 0.3) is 0 Å². The third-order valence-electron chi connectivity index (χ3n) is 3.65. The number of benzene rings is 1. The number of nitrogens with one attached hydrogen (secondary N) is 3. The molecule has 3 rings (SSSR count).